The maximum absolute atomic E-state index is 13.4. The highest BCUT2D eigenvalue weighted by atomic mass is 19.1. The quantitative estimate of drug-likeness (QED) is 0.387. The molecule has 2 fully saturated rings. The zero-order valence-corrected chi connectivity index (χ0v) is 17.7. The minimum atomic E-state index is -1.42. The molecule has 11 heteroatoms. The van der Waals surface area contributed by atoms with Crippen molar-refractivity contribution in [2.75, 3.05) is 5.32 Å². The molecule has 4 amide bonds. The Hall–Kier alpha value is -3.47. The number of benzene rings is 1. The van der Waals surface area contributed by atoms with E-state index in [9.17, 15) is 28.7 Å². The van der Waals surface area contributed by atoms with E-state index in [0.717, 1.165) is 0 Å². The summed E-state index contributed by atoms with van der Waals surface area (Å²) in [4.78, 5) is 51.6. The van der Waals surface area contributed by atoms with Crippen LogP contribution in [0, 0.1) is 5.82 Å². The van der Waals surface area contributed by atoms with Crippen molar-refractivity contribution in [3.63, 3.8) is 0 Å². The maximum Gasteiger partial charge on any atom is 0.319 e. The number of ether oxygens (including phenoxy) is 1. The second kappa shape index (κ2) is 9.57. The number of anilines is 1. The summed E-state index contributed by atoms with van der Waals surface area (Å²) < 4.78 is 17.7. The van der Waals surface area contributed by atoms with Crippen molar-refractivity contribution < 1.29 is 33.4 Å². The minimum absolute atomic E-state index is 0.145. The smallest absolute Gasteiger partial charge is 0.319 e. The average molecular weight is 460 g/mol. The van der Waals surface area contributed by atoms with E-state index in [4.69, 9.17) is 0 Å². The lowest BCUT2D eigenvalue weighted by Gasteiger charge is -2.34. The standard InChI is InChI=1S/C22H25FN4O6/c23-12-5-7-13(8-6-12)24-22(32)26-15-4-2-1-3-14-9-10-17(27(14)20(15)30)19(29)25-16-11-18(28)33-21(16)31/h1-2,5-8,14-17,21,31H,3-4,9-11H2,(H,25,29)(H2,24,26,32)/t14-,15+,16?,17+,21?/m1/s1. The Labute approximate surface area is 189 Å². The van der Waals surface area contributed by atoms with Crippen LogP contribution in [-0.4, -0.2) is 64.3 Å². The van der Waals surface area contributed by atoms with Crippen molar-refractivity contribution >= 4 is 29.5 Å². The van der Waals surface area contributed by atoms with Crippen LogP contribution in [0.1, 0.15) is 32.1 Å². The summed E-state index contributed by atoms with van der Waals surface area (Å²) in [5, 5.41) is 17.6. The van der Waals surface area contributed by atoms with E-state index < -0.39 is 54.0 Å². The fraction of sp³-hybridized carbons (Fsp3) is 0.455. The van der Waals surface area contributed by atoms with Gasteiger partial charge in [0.05, 0.1) is 6.42 Å². The monoisotopic (exact) mass is 460 g/mol. The predicted molar refractivity (Wildman–Crippen MR) is 113 cm³/mol. The lowest BCUT2D eigenvalue weighted by Crippen LogP contribution is -2.57. The maximum atomic E-state index is 13.4. The Balaban J connectivity index is 1.44. The number of nitrogens with zero attached hydrogens (tertiary/aromatic N) is 1. The normalized spacial score (nSPS) is 29.0. The van der Waals surface area contributed by atoms with E-state index in [0.29, 0.717) is 24.9 Å². The molecule has 0 aliphatic carbocycles. The van der Waals surface area contributed by atoms with Crippen molar-refractivity contribution in [3.8, 4) is 0 Å². The Kier molecular flexibility index (Phi) is 6.59. The highest BCUT2D eigenvalue weighted by Gasteiger charge is 2.45. The second-order valence-corrected chi connectivity index (χ2v) is 8.29. The van der Waals surface area contributed by atoms with Crippen LogP contribution in [-0.2, 0) is 19.1 Å². The highest BCUT2D eigenvalue weighted by Crippen LogP contribution is 2.30. The SMILES string of the molecule is O=C(Nc1ccc(F)cc1)N[C@H]1CC=CC[C@@H]2CC[C@@H](C(=O)NC3CC(=O)OC3O)N2C1=O. The van der Waals surface area contributed by atoms with Crippen LogP contribution in [0.25, 0.3) is 0 Å². The number of urea groups is 1. The van der Waals surface area contributed by atoms with Crippen LogP contribution < -0.4 is 16.0 Å². The van der Waals surface area contributed by atoms with Gasteiger partial charge in [-0.25, -0.2) is 9.18 Å². The third kappa shape index (κ3) is 5.14. The van der Waals surface area contributed by atoms with E-state index in [1.807, 2.05) is 12.2 Å². The van der Waals surface area contributed by atoms with Crippen LogP contribution in [0.4, 0.5) is 14.9 Å². The molecule has 1 aromatic rings. The summed E-state index contributed by atoms with van der Waals surface area (Å²) >= 11 is 0. The van der Waals surface area contributed by atoms with E-state index >= 15 is 0 Å². The first kappa shape index (κ1) is 22.7. The molecule has 2 unspecified atom stereocenters. The van der Waals surface area contributed by atoms with Gasteiger partial charge in [-0.1, -0.05) is 12.2 Å². The summed E-state index contributed by atoms with van der Waals surface area (Å²) in [7, 11) is 0. The number of aliphatic hydroxyl groups excluding tert-OH is 1. The van der Waals surface area contributed by atoms with Crippen LogP contribution in [0.2, 0.25) is 0 Å². The van der Waals surface area contributed by atoms with E-state index in [1.54, 1.807) is 0 Å². The average Bonchev–Trinajstić information content (AvgIpc) is 3.32. The molecule has 176 valence electrons. The molecule has 0 saturated carbocycles. The van der Waals surface area contributed by atoms with Gasteiger partial charge in [0.2, 0.25) is 18.1 Å². The Morgan fingerprint density at radius 1 is 1.06 bits per heavy atom. The minimum Gasteiger partial charge on any atom is -0.434 e. The molecule has 0 radical (unpaired) electrons. The largest absolute Gasteiger partial charge is 0.434 e. The zero-order chi connectivity index (χ0) is 23.5. The molecule has 3 aliphatic rings. The van der Waals surface area contributed by atoms with Gasteiger partial charge in [-0.05, 0) is 49.9 Å². The van der Waals surface area contributed by atoms with Gasteiger partial charge >= 0.3 is 12.0 Å². The van der Waals surface area contributed by atoms with Crippen LogP contribution >= 0.6 is 0 Å². The molecular weight excluding hydrogens is 435 g/mol. The van der Waals surface area contributed by atoms with Gasteiger partial charge in [0, 0.05) is 11.7 Å². The number of fused-ring (bicyclic) bond motifs is 1. The summed E-state index contributed by atoms with van der Waals surface area (Å²) in [6.07, 6.45) is 4.03. The molecule has 5 atom stereocenters. The number of aliphatic hydroxyl groups is 1. The molecule has 0 aromatic heterocycles. The van der Waals surface area contributed by atoms with Gasteiger partial charge in [-0.2, -0.15) is 0 Å². The lowest BCUT2D eigenvalue weighted by atomic mass is 10.0. The summed E-state index contributed by atoms with van der Waals surface area (Å²) in [5.41, 5.74) is 0.367. The second-order valence-electron chi connectivity index (χ2n) is 8.29. The number of hydrogen-bond donors (Lipinski definition) is 4. The number of carbonyl (C=O) groups is 4. The number of rotatable bonds is 4. The molecule has 0 spiro atoms. The van der Waals surface area contributed by atoms with Crippen molar-refractivity contribution in [3.05, 3.63) is 42.2 Å². The Morgan fingerprint density at radius 2 is 1.79 bits per heavy atom. The van der Waals surface area contributed by atoms with Gasteiger partial charge in [0.1, 0.15) is 23.9 Å². The lowest BCUT2D eigenvalue weighted by molar-refractivity contribution is -0.155. The van der Waals surface area contributed by atoms with Gasteiger partial charge in [0.25, 0.3) is 0 Å². The van der Waals surface area contributed by atoms with Crippen LogP contribution in [0.5, 0.6) is 0 Å². The molecular formula is C22H25FN4O6. The third-order valence-corrected chi connectivity index (χ3v) is 6.02. The van der Waals surface area contributed by atoms with E-state index in [-0.39, 0.29) is 18.9 Å². The number of hydrogen-bond acceptors (Lipinski definition) is 6. The number of nitrogens with one attached hydrogen (secondary N) is 3. The van der Waals surface area contributed by atoms with Gasteiger partial charge < -0.3 is 30.7 Å². The molecule has 3 heterocycles. The third-order valence-electron chi connectivity index (χ3n) is 6.02. The molecule has 33 heavy (non-hydrogen) atoms. The molecule has 4 rings (SSSR count). The topological polar surface area (TPSA) is 137 Å². The Morgan fingerprint density at radius 3 is 2.48 bits per heavy atom. The van der Waals surface area contributed by atoms with Crippen molar-refractivity contribution in [2.45, 2.75) is 62.6 Å². The van der Waals surface area contributed by atoms with E-state index in [2.05, 4.69) is 20.7 Å². The van der Waals surface area contributed by atoms with Gasteiger partial charge in [-0.3, -0.25) is 14.4 Å². The van der Waals surface area contributed by atoms with Crippen molar-refractivity contribution in [2.24, 2.45) is 0 Å². The van der Waals surface area contributed by atoms with Crippen LogP contribution in [0.15, 0.2) is 36.4 Å². The van der Waals surface area contributed by atoms with Crippen molar-refractivity contribution in [1.82, 2.24) is 15.5 Å². The molecule has 0 bridgehead atoms. The summed E-state index contributed by atoms with van der Waals surface area (Å²) in [6, 6.07) is 1.81. The fourth-order valence-corrected chi connectivity index (χ4v) is 4.40. The first-order valence-electron chi connectivity index (χ1n) is 10.8. The molecule has 1 aromatic carbocycles. The summed E-state index contributed by atoms with van der Waals surface area (Å²) in [5.74, 6) is -1.92. The molecule has 3 aliphatic heterocycles. The highest BCUT2D eigenvalue weighted by molar-refractivity contribution is 5.96. The number of esters is 1. The molecule has 4 N–H and O–H groups in total. The molecule has 2 saturated heterocycles. The summed E-state index contributed by atoms with van der Waals surface area (Å²) in [6.45, 7) is 0. The molecule has 10 nitrogen and oxygen atoms in total. The predicted octanol–water partition coefficient (Wildman–Crippen LogP) is 0.775. The number of amides is 4. The fourth-order valence-electron chi connectivity index (χ4n) is 4.40. The Bertz CT molecular complexity index is 968. The number of carbonyl (C=O) groups excluding carboxylic acids is 4. The van der Waals surface area contributed by atoms with Gasteiger partial charge in [-0.15, -0.1) is 0 Å². The first-order valence-corrected chi connectivity index (χ1v) is 10.8. The number of cyclic esters (lactones) is 1. The number of halogens is 1. The van der Waals surface area contributed by atoms with E-state index in [1.165, 1.54) is 29.2 Å². The first-order chi connectivity index (χ1) is 15.8. The van der Waals surface area contributed by atoms with Crippen molar-refractivity contribution in [1.29, 1.82) is 0 Å². The van der Waals surface area contributed by atoms with Gasteiger partial charge in [0.15, 0.2) is 0 Å². The zero-order valence-electron chi connectivity index (χ0n) is 17.7. The van der Waals surface area contributed by atoms with Crippen LogP contribution in [0.3, 0.4) is 0 Å².